The van der Waals surface area contributed by atoms with E-state index in [4.69, 9.17) is 0 Å². The number of halogens is 3. The number of benzene rings is 2. The third kappa shape index (κ3) is 7.86. The van der Waals surface area contributed by atoms with Crippen molar-refractivity contribution < 1.29 is 57.7 Å². The van der Waals surface area contributed by atoms with Gasteiger partial charge in [0, 0.05) is 0 Å². The quantitative estimate of drug-likeness (QED) is 0.263. The molecular weight excluding hydrogens is 459 g/mol. The van der Waals surface area contributed by atoms with Gasteiger partial charge in [0.1, 0.15) is 0 Å². The van der Waals surface area contributed by atoms with Crippen molar-refractivity contribution in [1.29, 1.82) is 0 Å². The number of unbranched alkanes of at least 4 members (excludes halogenated alkanes) is 2. The maximum atomic E-state index is 2.38. The Morgan fingerprint density at radius 1 is 0.857 bits per heavy atom. The van der Waals surface area contributed by atoms with Crippen LogP contribution in [-0.2, 0) is 26.9 Å². The zero-order chi connectivity index (χ0) is 17.5. The van der Waals surface area contributed by atoms with Crippen LogP contribution in [0.15, 0.2) is 80.9 Å². The average molecular weight is 486 g/mol. The molecule has 1 aliphatic carbocycles. The molecule has 2 aromatic rings. The van der Waals surface area contributed by atoms with E-state index in [1.54, 1.807) is 25.4 Å². The molecule has 0 nitrogen and oxygen atoms in total. The molecule has 0 aliphatic heterocycles. The molecule has 0 saturated heterocycles. The van der Waals surface area contributed by atoms with Gasteiger partial charge in [0.2, 0.25) is 0 Å². The molecule has 3 rings (SSSR count). The van der Waals surface area contributed by atoms with Crippen LogP contribution in [0.4, 0.5) is 0 Å². The maximum absolute atomic E-state index is 2.38. The van der Waals surface area contributed by atoms with Crippen LogP contribution < -0.4 is 42.4 Å². The molecule has 0 fully saturated rings. The van der Waals surface area contributed by atoms with Gasteiger partial charge in [-0.15, -0.1) is 0 Å². The van der Waals surface area contributed by atoms with Gasteiger partial charge in [0.15, 0.2) is 0 Å². The molecule has 0 radical (unpaired) electrons. The Bertz CT molecular complexity index is 758. The van der Waals surface area contributed by atoms with Gasteiger partial charge in [-0.05, 0) is 0 Å². The number of hydrogen-bond acceptors (Lipinski definition) is 0. The van der Waals surface area contributed by atoms with Crippen molar-refractivity contribution in [2.75, 3.05) is 0 Å². The zero-order valence-corrected chi connectivity index (χ0v) is 21.6. The second kappa shape index (κ2) is 14.7. The molecule has 1 aliphatic rings. The summed E-state index contributed by atoms with van der Waals surface area (Å²) >= 11 is 2.38. The molecule has 0 heterocycles. The van der Waals surface area contributed by atoms with Crippen LogP contribution in [0.3, 0.4) is 0 Å². The molecule has 0 amide bonds. The van der Waals surface area contributed by atoms with Crippen LogP contribution in [0.2, 0.25) is 0 Å². The Balaban J connectivity index is 0.00000243. The van der Waals surface area contributed by atoms with Crippen LogP contribution in [0.25, 0.3) is 0 Å². The first kappa shape index (κ1) is 27.7. The van der Waals surface area contributed by atoms with Crippen LogP contribution in [0.1, 0.15) is 44.6 Å². The van der Waals surface area contributed by atoms with E-state index in [1.807, 2.05) is 0 Å². The summed E-state index contributed by atoms with van der Waals surface area (Å²) < 4.78 is 1.61. The molecule has 0 bridgehead atoms. The Hall–Kier alpha value is -0.279. The Morgan fingerprint density at radius 2 is 1.46 bits per heavy atom. The topological polar surface area (TPSA) is 0 Å². The SMILES string of the molecule is CCCCCC1=[C]([Ti+3])C(Cc2ccccc2)=C([SiH2]c2ccccc2)C1.[Cl-].[Cl-].[Cl-]. The van der Waals surface area contributed by atoms with E-state index in [-0.39, 0.29) is 46.7 Å². The van der Waals surface area contributed by atoms with E-state index in [0.29, 0.717) is 0 Å². The largest absolute Gasteiger partial charge is 1.00 e. The average Bonchev–Trinajstić information content (AvgIpc) is 2.93. The number of allylic oxidation sites excluding steroid dienone is 4. The minimum absolute atomic E-state index is 0. The van der Waals surface area contributed by atoms with E-state index < -0.39 is 0 Å². The summed E-state index contributed by atoms with van der Waals surface area (Å²) in [5.74, 6) is 0. The van der Waals surface area contributed by atoms with Gasteiger partial charge in [-0.3, -0.25) is 0 Å². The summed E-state index contributed by atoms with van der Waals surface area (Å²) in [5.41, 5.74) is 4.83. The molecule has 0 atom stereocenters. The fourth-order valence-electron chi connectivity index (χ4n) is 3.67. The van der Waals surface area contributed by atoms with Crippen LogP contribution in [0.5, 0.6) is 0 Å². The molecular formula is C23H27Cl3SiTi. The van der Waals surface area contributed by atoms with Crippen molar-refractivity contribution in [3.8, 4) is 0 Å². The standard InChI is InChI=1S/C23H27Si.3ClH.Ti/c1-2-3-6-13-20-17-21(16-19-11-7-4-8-12-19)23(18-20)24-22-14-9-5-10-15-22;;;;/h4-5,7-12,14-15H,2-3,6,13,16,18,24H2,1H3;3*1H;/q;;;;+3/p-3. The molecule has 2 aromatic carbocycles. The van der Waals surface area contributed by atoms with Crippen LogP contribution >= 0.6 is 0 Å². The van der Waals surface area contributed by atoms with Crippen molar-refractivity contribution in [1.82, 2.24) is 0 Å². The van der Waals surface area contributed by atoms with Crippen molar-refractivity contribution >= 4 is 14.7 Å². The molecule has 28 heavy (non-hydrogen) atoms. The fourth-order valence-corrected chi connectivity index (χ4v) is 6.64. The van der Waals surface area contributed by atoms with E-state index in [9.17, 15) is 0 Å². The number of hydrogen-bond donors (Lipinski definition) is 0. The van der Waals surface area contributed by atoms with Crippen molar-refractivity contribution in [3.63, 3.8) is 0 Å². The Labute approximate surface area is 203 Å². The van der Waals surface area contributed by atoms with Gasteiger partial charge in [-0.25, -0.2) is 0 Å². The van der Waals surface area contributed by atoms with Crippen LogP contribution in [-0.4, -0.2) is 9.52 Å². The van der Waals surface area contributed by atoms with Crippen LogP contribution in [0, 0.1) is 0 Å². The van der Waals surface area contributed by atoms with Gasteiger partial charge in [0.25, 0.3) is 0 Å². The second-order valence-electron chi connectivity index (χ2n) is 7.02. The third-order valence-electron chi connectivity index (χ3n) is 5.08. The summed E-state index contributed by atoms with van der Waals surface area (Å²) in [6.07, 6.45) is 7.67. The summed E-state index contributed by atoms with van der Waals surface area (Å²) in [6, 6.07) is 22.2. The summed E-state index contributed by atoms with van der Waals surface area (Å²) in [6.45, 7) is 2.29. The first-order valence-electron chi connectivity index (χ1n) is 9.50. The monoisotopic (exact) mass is 484 g/mol. The first-order chi connectivity index (χ1) is 12.3. The molecule has 0 saturated carbocycles. The molecule has 5 heteroatoms. The predicted molar refractivity (Wildman–Crippen MR) is 108 cm³/mol. The van der Waals surface area contributed by atoms with E-state index >= 15 is 0 Å². The van der Waals surface area contributed by atoms with Gasteiger partial charge in [-0.2, -0.15) is 0 Å². The summed E-state index contributed by atoms with van der Waals surface area (Å²) in [7, 11) is -0.352. The van der Waals surface area contributed by atoms with E-state index in [0.717, 1.165) is 6.42 Å². The van der Waals surface area contributed by atoms with Crippen molar-refractivity contribution in [2.45, 2.75) is 45.4 Å². The predicted octanol–water partition coefficient (Wildman–Crippen LogP) is -4.23. The first-order valence-corrected chi connectivity index (χ1v) is 11.7. The van der Waals surface area contributed by atoms with Crippen molar-refractivity contribution in [2.24, 2.45) is 0 Å². The minimum Gasteiger partial charge on any atom is -1.00 e. The van der Waals surface area contributed by atoms with Gasteiger partial charge < -0.3 is 37.2 Å². The van der Waals surface area contributed by atoms with Gasteiger partial charge >= 0.3 is 167 Å². The maximum Gasteiger partial charge on any atom is -1.00 e. The molecule has 0 spiro atoms. The van der Waals surface area contributed by atoms with Gasteiger partial charge in [0.05, 0.1) is 0 Å². The molecule has 148 valence electrons. The third-order valence-corrected chi connectivity index (χ3v) is 8.08. The normalized spacial score (nSPS) is 13.4. The van der Waals surface area contributed by atoms with Crippen molar-refractivity contribution in [3.05, 3.63) is 86.4 Å². The second-order valence-corrected chi connectivity index (χ2v) is 9.82. The number of rotatable bonds is 8. The van der Waals surface area contributed by atoms with E-state index in [2.05, 4.69) is 88.0 Å². The van der Waals surface area contributed by atoms with Gasteiger partial charge in [-0.1, -0.05) is 0 Å². The Kier molecular flexibility index (Phi) is 14.5. The zero-order valence-electron chi connectivity index (χ0n) is 16.4. The molecule has 0 N–H and O–H groups in total. The molecule has 0 unspecified atom stereocenters. The molecule has 0 aromatic heterocycles. The summed E-state index contributed by atoms with van der Waals surface area (Å²) in [5, 5.41) is 3.35. The summed E-state index contributed by atoms with van der Waals surface area (Å²) in [4.78, 5) is 0. The Morgan fingerprint density at radius 3 is 2.07 bits per heavy atom. The van der Waals surface area contributed by atoms with E-state index in [1.165, 1.54) is 37.7 Å². The smallest absolute Gasteiger partial charge is 1.00 e. The fraction of sp³-hybridized carbons (Fsp3) is 0.304. The minimum atomic E-state index is -0.352.